The molecule has 0 bridgehead atoms. The Bertz CT molecular complexity index is 113. The number of hydrogen-bond acceptors (Lipinski definition) is 5. The lowest BCUT2D eigenvalue weighted by Gasteiger charge is -1.96. The van der Waals surface area contributed by atoms with Gasteiger partial charge in [0.15, 0.2) is 0 Å². The van der Waals surface area contributed by atoms with Crippen molar-refractivity contribution in [2.45, 2.75) is 12.1 Å². The van der Waals surface area contributed by atoms with E-state index in [4.69, 9.17) is 4.74 Å². The molecule has 5 heteroatoms. The molecule has 0 amide bonds. The van der Waals surface area contributed by atoms with Crippen molar-refractivity contribution in [3.63, 3.8) is 0 Å². The van der Waals surface area contributed by atoms with Crippen LogP contribution in [0, 0.1) is 9.81 Å². The predicted octanol–water partition coefficient (Wildman–Crippen LogP) is 0.287. The van der Waals surface area contributed by atoms with Crippen LogP contribution in [0.25, 0.3) is 0 Å². The zero-order valence-electron chi connectivity index (χ0n) is 4.69. The van der Waals surface area contributed by atoms with Gasteiger partial charge < -0.3 is 4.74 Å². The first kappa shape index (κ1) is 6.28. The van der Waals surface area contributed by atoms with E-state index in [1.807, 2.05) is 0 Å². The molecule has 2 unspecified atom stereocenters. The first-order valence-corrected chi connectivity index (χ1v) is 2.61. The minimum Gasteiger partial charge on any atom is -0.377 e. The van der Waals surface area contributed by atoms with Crippen molar-refractivity contribution in [1.29, 1.82) is 0 Å². The molecule has 0 aromatic carbocycles. The van der Waals surface area contributed by atoms with Crippen LogP contribution in [0.1, 0.15) is 0 Å². The van der Waals surface area contributed by atoms with E-state index in [2.05, 4.69) is 10.4 Å². The van der Waals surface area contributed by atoms with Gasteiger partial charge in [0.2, 0.25) is 0 Å². The van der Waals surface area contributed by atoms with Crippen LogP contribution in [-0.2, 0) is 4.74 Å². The Balaban J connectivity index is 2.50. The maximum atomic E-state index is 9.85. The summed E-state index contributed by atoms with van der Waals surface area (Å²) in [4.78, 5) is 19.7. The van der Waals surface area contributed by atoms with E-state index in [0.29, 0.717) is 0 Å². The van der Waals surface area contributed by atoms with Gasteiger partial charge in [-0.05, 0) is 0 Å². The van der Waals surface area contributed by atoms with Gasteiger partial charge in [-0.25, -0.2) is 0 Å². The Morgan fingerprint density at radius 1 is 1.11 bits per heavy atom. The molecule has 0 aliphatic carbocycles. The molecule has 9 heavy (non-hydrogen) atoms. The van der Waals surface area contributed by atoms with Gasteiger partial charge in [-0.2, -0.15) is 9.81 Å². The largest absolute Gasteiger partial charge is 0.377 e. The molecule has 5 nitrogen and oxygen atoms in total. The first-order valence-electron chi connectivity index (χ1n) is 2.61. The Hall–Kier alpha value is -0.840. The van der Waals surface area contributed by atoms with E-state index in [0.717, 1.165) is 0 Å². The van der Waals surface area contributed by atoms with Crippen LogP contribution >= 0.6 is 0 Å². The second-order valence-electron chi connectivity index (χ2n) is 1.88. The highest BCUT2D eigenvalue weighted by Crippen LogP contribution is 2.11. The molecule has 0 radical (unpaired) electrons. The Morgan fingerprint density at radius 2 is 1.56 bits per heavy atom. The second kappa shape index (κ2) is 2.63. The quantitative estimate of drug-likeness (QED) is 0.504. The topological polar surface area (TPSA) is 68.1 Å². The van der Waals surface area contributed by atoms with Gasteiger partial charge >= 0.3 is 0 Å². The molecule has 0 aromatic heterocycles. The second-order valence-corrected chi connectivity index (χ2v) is 1.88. The number of ether oxygens (including phenoxy) is 1. The van der Waals surface area contributed by atoms with Crippen molar-refractivity contribution in [2.24, 2.45) is 10.4 Å². The normalized spacial score (nSPS) is 34.2. The van der Waals surface area contributed by atoms with E-state index in [1.54, 1.807) is 0 Å². The highest BCUT2D eigenvalue weighted by atomic mass is 16.5. The maximum Gasteiger partial charge on any atom is 0.143 e. The zero-order valence-corrected chi connectivity index (χ0v) is 4.69. The monoisotopic (exact) mass is 130 g/mol. The number of nitrogens with zero attached hydrogens (tertiary/aromatic N) is 2. The van der Waals surface area contributed by atoms with Gasteiger partial charge in [-0.1, -0.05) is 10.4 Å². The minimum absolute atomic E-state index is 0.236. The minimum atomic E-state index is -0.553. The SMILES string of the molecule is O=NC1COCC1N=O. The summed E-state index contributed by atoms with van der Waals surface area (Å²) in [6.07, 6.45) is 0. The molecule has 2 atom stereocenters. The molecule has 1 fully saturated rings. The van der Waals surface area contributed by atoms with Gasteiger partial charge in [0, 0.05) is 0 Å². The summed E-state index contributed by atoms with van der Waals surface area (Å²) < 4.78 is 4.76. The average molecular weight is 130 g/mol. The summed E-state index contributed by atoms with van der Waals surface area (Å²) >= 11 is 0. The van der Waals surface area contributed by atoms with Crippen molar-refractivity contribution in [3.8, 4) is 0 Å². The molecule has 1 rings (SSSR count). The van der Waals surface area contributed by atoms with Gasteiger partial charge in [0.25, 0.3) is 0 Å². The zero-order chi connectivity index (χ0) is 6.69. The Labute approximate surface area is 51.3 Å². The lowest BCUT2D eigenvalue weighted by Crippen LogP contribution is -2.18. The van der Waals surface area contributed by atoms with Gasteiger partial charge in [0.1, 0.15) is 12.1 Å². The summed E-state index contributed by atoms with van der Waals surface area (Å²) in [6, 6.07) is -1.11. The third-order valence-corrected chi connectivity index (χ3v) is 1.29. The van der Waals surface area contributed by atoms with Crippen LogP contribution in [-0.4, -0.2) is 25.3 Å². The van der Waals surface area contributed by atoms with E-state index < -0.39 is 12.1 Å². The molecule has 50 valence electrons. The van der Waals surface area contributed by atoms with Crippen molar-refractivity contribution in [2.75, 3.05) is 13.2 Å². The van der Waals surface area contributed by atoms with E-state index in [9.17, 15) is 9.81 Å². The first-order chi connectivity index (χ1) is 4.38. The van der Waals surface area contributed by atoms with Crippen LogP contribution in [0.15, 0.2) is 10.4 Å². The summed E-state index contributed by atoms with van der Waals surface area (Å²) in [6.45, 7) is 0.472. The van der Waals surface area contributed by atoms with E-state index in [1.165, 1.54) is 0 Å². The fourth-order valence-electron chi connectivity index (χ4n) is 0.733. The van der Waals surface area contributed by atoms with Crippen LogP contribution < -0.4 is 0 Å². The van der Waals surface area contributed by atoms with Crippen molar-refractivity contribution < 1.29 is 4.74 Å². The number of nitroso groups, excluding NO2 is 2. The molecular weight excluding hydrogens is 124 g/mol. The Morgan fingerprint density at radius 3 is 1.89 bits per heavy atom. The molecular formula is C4H6N2O3. The number of rotatable bonds is 2. The van der Waals surface area contributed by atoms with Gasteiger partial charge in [-0.3, -0.25) is 0 Å². The third-order valence-electron chi connectivity index (χ3n) is 1.29. The highest BCUT2D eigenvalue weighted by molar-refractivity contribution is 4.85. The van der Waals surface area contributed by atoms with E-state index >= 15 is 0 Å². The molecule has 1 aliphatic rings. The van der Waals surface area contributed by atoms with Crippen molar-refractivity contribution in [1.82, 2.24) is 0 Å². The molecule has 0 spiro atoms. The predicted molar refractivity (Wildman–Crippen MR) is 30.0 cm³/mol. The standard InChI is InChI=1S/C4H6N2O3/c7-5-3-1-9-2-4(3)6-8/h3-4H,1-2H2. The van der Waals surface area contributed by atoms with Crippen LogP contribution in [0.4, 0.5) is 0 Å². The molecule has 0 aromatic rings. The van der Waals surface area contributed by atoms with Gasteiger partial charge in [0.05, 0.1) is 13.2 Å². The maximum absolute atomic E-state index is 9.85. The highest BCUT2D eigenvalue weighted by Gasteiger charge is 2.29. The summed E-state index contributed by atoms with van der Waals surface area (Å²) in [5.41, 5.74) is 0. The Kier molecular flexibility index (Phi) is 1.84. The average Bonchev–Trinajstić information content (AvgIpc) is 2.33. The van der Waals surface area contributed by atoms with Crippen LogP contribution in [0.5, 0.6) is 0 Å². The lowest BCUT2D eigenvalue weighted by molar-refractivity contribution is 0.191. The summed E-state index contributed by atoms with van der Waals surface area (Å²) in [5.74, 6) is 0. The van der Waals surface area contributed by atoms with E-state index in [-0.39, 0.29) is 13.2 Å². The third kappa shape index (κ3) is 1.10. The lowest BCUT2D eigenvalue weighted by atomic mass is 10.2. The van der Waals surface area contributed by atoms with Gasteiger partial charge in [-0.15, -0.1) is 0 Å². The number of hydrogen-bond donors (Lipinski definition) is 0. The van der Waals surface area contributed by atoms with Crippen molar-refractivity contribution >= 4 is 0 Å². The van der Waals surface area contributed by atoms with Crippen LogP contribution in [0.3, 0.4) is 0 Å². The molecule has 1 heterocycles. The smallest absolute Gasteiger partial charge is 0.143 e. The molecule has 1 aliphatic heterocycles. The molecule has 0 N–H and O–H groups in total. The van der Waals surface area contributed by atoms with Crippen LogP contribution in [0.2, 0.25) is 0 Å². The molecule has 1 saturated heterocycles. The fourth-order valence-corrected chi connectivity index (χ4v) is 0.733. The summed E-state index contributed by atoms with van der Waals surface area (Å²) in [7, 11) is 0. The summed E-state index contributed by atoms with van der Waals surface area (Å²) in [5, 5.41) is 5.34. The molecule has 0 saturated carbocycles. The van der Waals surface area contributed by atoms with Crippen molar-refractivity contribution in [3.05, 3.63) is 9.81 Å². The fraction of sp³-hybridized carbons (Fsp3) is 1.00.